The van der Waals surface area contributed by atoms with Gasteiger partial charge in [0.05, 0.1) is 6.42 Å². The van der Waals surface area contributed by atoms with Gasteiger partial charge in [-0.25, -0.2) is 0 Å². The van der Waals surface area contributed by atoms with Gasteiger partial charge in [0.2, 0.25) is 5.91 Å². The van der Waals surface area contributed by atoms with Gasteiger partial charge in [0, 0.05) is 13.0 Å². The Labute approximate surface area is 90.7 Å². The number of hydrogen-bond donors (Lipinski definition) is 1. The van der Waals surface area contributed by atoms with Crippen LogP contribution in [0.5, 0.6) is 0 Å². The minimum absolute atomic E-state index is 0.0547. The monoisotopic (exact) mass is 201 g/mol. The maximum atomic E-state index is 11.4. The molecule has 0 bridgehead atoms. The Kier molecular flexibility index (Phi) is 5.03. The lowest BCUT2D eigenvalue weighted by atomic mass is 10.1. The van der Waals surface area contributed by atoms with Crippen molar-refractivity contribution < 1.29 is 4.79 Å². The maximum Gasteiger partial charge on any atom is 0.224 e. The molecule has 15 heavy (non-hydrogen) atoms. The molecule has 78 valence electrons. The van der Waals surface area contributed by atoms with E-state index < -0.39 is 0 Å². The van der Waals surface area contributed by atoms with Crippen molar-refractivity contribution in [1.29, 1.82) is 0 Å². The second-order valence-electron chi connectivity index (χ2n) is 3.19. The number of nitrogens with one attached hydrogen (secondary N) is 1. The van der Waals surface area contributed by atoms with Crippen molar-refractivity contribution in [3.8, 4) is 11.8 Å². The number of rotatable bonds is 4. The number of carbonyl (C=O) groups excluding carboxylic acids is 1. The zero-order valence-corrected chi connectivity index (χ0v) is 8.92. The van der Waals surface area contributed by atoms with Crippen LogP contribution in [0.2, 0.25) is 0 Å². The largest absolute Gasteiger partial charge is 0.355 e. The van der Waals surface area contributed by atoms with Gasteiger partial charge in [-0.1, -0.05) is 30.3 Å². The second-order valence-corrected chi connectivity index (χ2v) is 3.19. The summed E-state index contributed by atoms with van der Waals surface area (Å²) in [5, 5.41) is 2.82. The molecule has 1 aromatic rings. The molecule has 1 N–H and O–H groups in total. The van der Waals surface area contributed by atoms with E-state index in [1.165, 1.54) is 0 Å². The van der Waals surface area contributed by atoms with Gasteiger partial charge >= 0.3 is 0 Å². The molecule has 0 heterocycles. The first-order valence-electron chi connectivity index (χ1n) is 5.03. The third-order valence-corrected chi connectivity index (χ3v) is 1.96. The molecule has 0 atom stereocenters. The summed E-state index contributed by atoms with van der Waals surface area (Å²) < 4.78 is 0. The van der Waals surface area contributed by atoms with E-state index in [9.17, 15) is 4.79 Å². The molecule has 2 nitrogen and oxygen atoms in total. The summed E-state index contributed by atoms with van der Waals surface area (Å²) in [6.45, 7) is 2.43. The molecule has 2 heteroatoms. The van der Waals surface area contributed by atoms with Crippen LogP contribution in [0.4, 0.5) is 0 Å². The molecule has 1 aromatic carbocycles. The molecular formula is C13H15NO. The number of benzene rings is 1. The number of carbonyl (C=O) groups is 1. The van der Waals surface area contributed by atoms with Gasteiger partial charge in [0.1, 0.15) is 0 Å². The van der Waals surface area contributed by atoms with E-state index in [2.05, 4.69) is 17.2 Å². The van der Waals surface area contributed by atoms with Gasteiger partial charge < -0.3 is 5.32 Å². The molecule has 1 amide bonds. The minimum atomic E-state index is 0.0547. The summed E-state index contributed by atoms with van der Waals surface area (Å²) in [6.07, 6.45) is 1.16. The first-order chi connectivity index (χ1) is 7.33. The number of hydrogen-bond acceptors (Lipinski definition) is 1. The summed E-state index contributed by atoms with van der Waals surface area (Å²) in [5.41, 5.74) is 1.04. The van der Waals surface area contributed by atoms with E-state index in [4.69, 9.17) is 0 Å². The van der Waals surface area contributed by atoms with Gasteiger partial charge in [-0.3, -0.25) is 4.79 Å². The lowest BCUT2D eigenvalue weighted by molar-refractivity contribution is -0.120. The Balaban J connectivity index is 2.27. The third kappa shape index (κ3) is 4.87. The van der Waals surface area contributed by atoms with Gasteiger partial charge in [0.25, 0.3) is 0 Å². The van der Waals surface area contributed by atoms with Crippen molar-refractivity contribution in [2.45, 2.75) is 19.8 Å². The van der Waals surface area contributed by atoms with Gasteiger partial charge in [-0.05, 0) is 12.5 Å². The topological polar surface area (TPSA) is 29.1 Å². The van der Waals surface area contributed by atoms with Crippen molar-refractivity contribution in [2.75, 3.05) is 6.54 Å². The quantitative estimate of drug-likeness (QED) is 0.583. The van der Waals surface area contributed by atoms with Crippen LogP contribution in [0, 0.1) is 11.8 Å². The lowest BCUT2D eigenvalue weighted by Gasteiger charge is -2.02. The fourth-order valence-corrected chi connectivity index (χ4v) is 1.23. The average Bonchev–Trinajstić information content (AvgIpc) is 2.26. The van der Waals surface area contributed by atoms with E-state index >= 15 is 0 Å². The summed E-state index contributed by atoms with van der Waals surface area (Å²) >= 11 is 0. The first kappa shape index (κ1) is 11.3. The Bertz CT molecular complexity index is 359. The van der Waals surface area contributed by atoms with Gasteiger partial charge in [-0.15, -0.1) is 11.8 Å². The highest BCUT2D eigenvalue weighted by atomic mass is 16.1. The fourth-order valence-electron chi connectivity index (χ4n) is 1.23. The Morgan fingerprint density at radius 2 is 2.07 bits per heavy atom. The second kappa shape index (κ2) is 6.67. The molecule has 1 rings (SSSR count). The maximum absolute atomic E-state index is 11.4. The predicted molar refractivity (Wildman–Crippen MR) is 61.2 cm³/mol. The van der Waals surface area contributed by atoms with Crippen LogP contribution in [0.3, 0.4) is 0 Å². The molecule has 0 aromatic heterocycles. The predicted octanol–water partition coefficient (Wildman–Crippen LogP) is 1.76. The van der Waals surface area contributed by atoms with Crippen molar-refractivity contribution in [3.05, 3.63) is 35.9 Å². The number of amides is 1. The molecule has 0 fully saturated rings. The van der Waals surface area contributed by atoms with Crippen molar-refractivity contribution in [2.24, 2.45) is 0 Å². The molecule has 0 unspecified atom stereocenters. The smallest absolute Gasteiger partial charge is 0.224 e. The molecular weight excluding hydrogens is 186 g/mol. The molecule has 0 aliphatic carbocycles. The molecule has 0 aliphatic heterocycles. The molecule has 0 saturated heterocycles. The first-order valence-corrected chi connectivity index (χ1v) is 5.03. The van der Waals surface area contributed by atoms with Crippen molar-refractivity contribution in [3.63, 3.8) is 0 Å². The molecule has 0 aliphatic rings. The Morgan fingerprint density at radius 1 is 1.33 bits per heavy atom. The fraction of sp³-hybridized carbons (Fsp3) is 0.308. The van der Waals surface area contributed by atoms with Crippen LogP contribution >= 0.6 is 0 Å². The van der Waals surface area contributed by atoms with Crippen LogP contribution in [0.15, 0.2) is 30.3 Å². The van der Waals surface area contributed by atoms with Crippen LogP contribution < -0.4 is 5.32 Å². The Hall–Kier alpha value is -1.75. The normalized spacial score (nSPS) is 8.87. The lowest BCUT2D eigenvalue weighted by Crippen LogP contribution is -2.25. The molecule has 0 radical (unpaired) electrons. The molecule has 0 spiro atoms. The van der Waals surface area contributed by atoms with Gasteiger partial charge in [0.15, 0.2) is 0 Å². The standard InChI is InChI=1S/C13H15NO/c1-2-3-7-10-14-13(15)11-12-8-5-4-6-9-12/h4-6,8-9H,7,10-11H2,1H3,(H,14,15). The summed E-state index contributed by atoms with van der Waals surface area (Å²) in [5.74, 6) is 5.75. The highest BCUT2D eigenvalue weighted by molar-refractivity contribution is 5.78. The van der Waals surface area contributed by atoms with E-state index in [0.717, 1.165) is 12.0 Å². The van der Waals surface area contributed by atoms with Crippen molar-refractivity contribution in [1.82, 2.24) is 5.32 Å². The van der Waals surface area contributed by atoms with Gasteiger partial charge in [-0.2, -0.15) is 0 Å². The van der Waals surface area contributed by atoms with Crippen LogP contribution in [0.25, 0.3) is 0 Å². The SMILES string of the molecule is CC#CCCNC(=O)Cc1ccccc1. The minimum Gasteiger partial charge on any atom is -0.355 e. The average molecular weight is 201 g/mol. The summed E-state index contributed by atoms with van der Waals surface area (Å²) in [6, 6.07) is 9.71. The van der Waals surface area contributed by atoms with E-state index in [0.29, 0.717) is 13.0 Å². The highest BCUT2D eigenvalue weighted by Gasteiger charge is 2.00. The van der Waals surface area contributed by atoms with Crippen molar-refractivity contribution >= 4 is 5.91 Å². The molecule has 0 saturated carbocycles. The highest BCUT2D eigenvalue weighted by Crippen LogP contribution is 1.98. The van der Waals surface area contributed by atoms with Crippen LogP contribution in [-0.2, 0) is 11.2 Å². The van der Waals surface area contributed by atoms with E-state index in [1.807, 2.05) is 30.3 Å². The Morgan fingerprint density at radius 3 is 2.73 bits per heavy atom. The zero-order chi connectivity index (χ0) is 10.9. The summed E-state index contributed by atoms with van der Waals surface area (Å²) in [4.78, 5) is 11.4. The van der Waals surface area contributed by atoms with Crippen LogP contribution in [-0.4, -0.2) is 12.5 Å². The van der Waals surface area contributed by atoms with E-state index in [-0.39, 0.29) is 5.91 Å². The zero-order valence-electron chi connectivity index (χ0n) is 8.92. The van der Waals surface area contributed by atoms with E-state index in [1.54, 1.807) is 6.92 Å². The third-order valence-electron chi connectivity index (χ3n) is 1.96. The van der Waals surface area contributed by atoms with Crippen LogP contribution in [0.1, 0.15) is 18.9 Å². The summed E-state index contributed by atoms with van der Waals surface area (Å²) in [7, 11) is 0.